The van der Waals surface area contributed by atoms with E-state index in [2.05, 4.69) is 34.4 Å². The topological polar surface area (TPSA) is 103 Å². The molecule has 1 amide bonds. The molecule has 1 atom stereocenters. The van der Waals surface area contributed by atoms with Crippen LogP contribution in [0.2, 0.25) is 0 Å². The summed E-state index contributed by atoms with van der Waals surface area (Å²) >= 11 is 1.47. The molecule has 8 nitrogen and oxygen atoms in total. The van der Waals surface area contributed by atoms with Crippen molar-refractivity contribution in [2.45, 2.75) is 49.6 Å². The third-order valence-electron chi connectivity index (χ3n) is 6.88. The van der Waals surface area contributed by atoms with Gasteiger partial charge in [-0.15, -0.1) is 0 Å². The first-order valence-electron chi connectivity index (χ1n) is 14.2. The summed E-state index contributed by atoms with van der Waals surface area (Å²) in [5.41, 5.74) is 4.65. The molecular weight excluding hydrogens is 560 g/mol. The molecule has 3 rings (SSSR count). The van der Waals surface area contributed by atoms with Crippen molar-refractivity contribution >= 4 is 35.4 Å². The lowest BCUT2D eigenvalue weighted by molar-refractivity contribution is 0.0678. The van der Waals surface area contributed by atoms with Crippen LogP contribution in [0.15, 0.2) is 93.3 Å². The first-order chi connectivity index (χ1) is 20.6. The molecule has 0 radical (unpaired) electrons. The number of nitrogens with one attached hydrogen (secondary N) is 2. The third kappa shape index (κ3) is 10.4. The summed E-state index contributed by atoms with van der Waals surface area (Å²) in [6, 6.07) is 20.8. The minimum atomic E-state index is -0.565. The van der Waals surface area contributed by atoms with Gasteiger partial charge in [-0.1, -0.05) is 30.0 Å². The molecule has 3 N–H and O–H groups in total. The fraction of sp³-hybridized carbons (Fsp3) is 0.324. The van der Waals surface area contributed by atoms with E-state index in [1.807, 2.05) is 69.4 Å². The Bertz CT molecular complexity index is 1440. The number of carbonyl (C=O) groups excluding carboxylic acids is 2. The number of aliphatic hydroxyl groups excluding tert-OH is 1. The van der Waals surface area contributed by atoms with E-state index in [1.54, 1.807) is 31.4 Å². The van der Waals surface area contributed by atoms with Crippen LogP contribution in [0.1, 0.15) is 54.0 Å². The molecule has 0 heterocycles. The first-order valence-corrected chi connectivity index (χ1v) is 15.1. The molecule has 228 valence electrons. The van der Waals surface area contributed by atoms with Crippen LogP contribution in [0.3, 0.4) is 0 Å². The summed E-state index contributed by atoms with van der Waals surface area (Å²) in [6.07, 6.45) is 2.04. The second-order valence-corrected chi connectivity index (χ2v) is 11.7. The van der Waals surface area contributed by atoms with Gasteiger partial charge in [-0.05, 0) is 94.4 Å². The van der Waals surface area contributed by atoms with E-state index in [1.165, 1.54) is 11.8 Å². The number of hydrogen-bond acceptors (Lipinski definition) is 8. The average molecular weight is 603 g/mol. The summed E-state index contributed by atoms with van der Waals surface area (Å²) in [5, 5.41) is 16.3. The monoisotopic (exact) mass is 602 g/mol. The summed E-state index contributed by atoms with van der Waals surface area (Å²) in [6.45, 7) is 9.15. The number of nitrogens with zero attached hydrogens (tertiary/aromatic N) is 2. The molecule has 9 heteroatoms. The number of ether oxygens (including phenoxy) is 1. The van der Waals surface area contributed by atoms with Crippen LogP contribution in [0.5, 0.6) is 5.75 Å². The highest BCUT2D eigenvalue weighted by atomic mass is 32.2. The van der Waals surface area contributed by atoms with Crippen molar-refractivity contribution in [3.63, 3.8) is 0 Å². The smallest absolute Gasteiger partial charge is 0.251 e. The lowest BCUT2D eigenvalue weighted by Crippen LogP contribution is -2.36. The van der Waals surface area contributed by atoms with Gasteiger partial charge in [0.05, 0.1) is 0 Å². The SMILES string of the molecule is CNc1cc(C(=O)NC/C(C)=C/N=C(C)c2ccc(OCC(O)CN(C)C(C)C)cc2)ccc1Sc1ccccc1C=O. The largest absolute Gasteiger partial charge is 0.491 e. The van der Waals surface area contributed by atoms with E-state index >= 15 is 0 Å². The Morgan fingerprint density at radius 3 is 2.42 bits per heavy atom. The number of aliphatic imine (C=N–C) groups is 1. The minimum Gasteiger partial charge on any atom is -0.491 e. The number of aldehydes is 1. The zero-order valence-corrected chi connectivity index (χ0v) is 26.6. The van der Waals surface area contributed by atoms with Crippen molar-refractivity contribution in [2.75, 3.05) is 39.1 Å². The number of hydrogen-bond donors (Lipinski definition) is 3. The maximum atomic E-state index is 12.9. The summed E-state index contributed by atoms with van der Waals surface area (Å²) in [5.74, 6) is 0.502. The zero-order valence-electron chi connectivity index (χ0n) is 25.8. The molecule has 0 saturated carbocycles. The number of likely N-dealkylation sites (N-methyl/N-ethyl adjacent to an activating group) is 1. The summed E-state index contributed by atoms with van der Waals surface area (Å²) in [4.78, 5) is 32.7. The highest BCUT2D eigenvalue weighted by molar-refractivity contribution is 7.99. The van der Waals surface area contributed by atoms with Gasteiger partial charge in [0.25, 0.3) is 5.91 Å². The van der Waals surface area contributed by atoms with E-state index < -0.39 is 6.10 Å². The van der Waals surface area contributed by atoms with Gasteiger partial charge in [0.1, 0.15) is 18.5 Å². The number of benzene rings is 3. The second kappa shape index (κ2) is 16.6. The van der Waals surface area contributed by atoms with Gasteiger partial charge < -0.3 is 25.4 Å². The van der Waals surface area contributed by atoms with Gasteiger partial charge in [0.15, 0.2) is 6.29 Å². The maximum absolute atomic E-state index is 12.9. The van der Waals surface area contributed by atoms with Crippen molar-refractivity contribution in [3.05, 3.63) is 95.2 Å². The molecule has 0 spiro atoms. The number of anilines is 1. The quantitative estimate of drug-likeness (QED) is 0.147. The fourth-order valence-corrected chi connectivity index (χ4v) is 5.00. The van der Waals surface area contributed by atoms with E-state index in [0.29, 0.717) is 36.0 Å². The van der Waals surface area contributed by atoms with Gasteiger partial charge in [0.2, 0.25) is 0 Å². The fourth-order valence-electron chi connectivity index (χ4n) is 3.97. The molecule has 0 aliphatic carbocycles. The summed E-state index contributed by atoms with van der Waals surface area (Å²) in [7, 11) is 3.78. The third-order valence-corrected chi connectivity index (χ3v) is 8.05. The van der Waals surface area contributed by atoms with Gasteiger partial charge in [-0.3, -0.25) is 14.6 Å². The number of amides is 1. The van der Waals surface area contributed by atoms with E-state index in [0.717, 1.165) is 38.6 Å². The second-order valence-electron chi connectivity index (χ2n) is 10.6. The molecule has 0 bridgehead atoms. The molecule has 0 aliphatic heterocycles. The lowest BCUT2D eigenvalue weighted by Gasteiger charge is -2.24. The molecule has 3 aromatic carbocycles. The van der Waals surface area contributed by atoms with Crippen LogP contribution in [0.25, 0.3) is 0 Å². The first kappa shape index (κ1) is 33.6. The van der Waals surface area contributed by atoms with E-state index in [4.69, 9.17) is 4.74 Å². The minimum absolute atomic E-state index is 0.189. The molecule has 0 saturated heterocycles. The predicted octanol–water partition coefficient (Wildman–Crippen LogP) is 5.91. The van der Waals surface area contributed by atoms with Gasteiger partial charge in [-0.25, -0.2) is 0 Å². The van der Waals surface area contributed by atoms with Crippen LogP contribution in [0, 0.1) is 0 Å². The highest BCUT2D eigenvalue weighted by Gasteiger charge is 2.13. The maximum Gasteiger partial charge on any atom is 0.251 e. The van der Waals surface area contributed by atoms with E-state index in [9.17, 15) is 14.7 Å². The van der Waals surface area contributed by atoms with Crippen molar-refractivity contribution in [3.8, 4) is 5.75 Å². The summed E-state index contributed by atoms with van der Waals surface area (Å²) < 4.78 is 5.74. The Kier molecular flexibility index (Phi) is 13.0. The van der Waals surface area contributed by atoms with Gasteiger partial charge in [0, 0.05) is 64.7 Å². The standard InChI is InChI=1S/C34H42N4O4S/c1-23(2)38(6)20-29(40)22-42-30-14-11-26(12-15-30)25(4)36-18-24(3)19-37-34(41)27-13-16-33(31(17-27)35-5)43-32-10-8-7-9-28(32)21-39/h7-18,21,23,29,35,40H,19-20,22H2,1-6H3,(H,37,41)/b24-18+,36-25?. The molecule has 3 aromatic rings. The number of aliphatic hydroxyl groups is 1. The molecular formula is C34H42N4O4S. The van der Waals surface area contributed by atoms with Gasteiger partial charge in [-0.2, -0.15) is 0 Å². The van der Waals surface area contributed by atoms with Crippen molar-refractivity contribution in [2.24, 2.45) is 4.99 Å². The lowest BCUT2D eigenvalue weighted by atomic mass is 10.1. The molecule has 0 fully saturated rings. The Morgan fingerprint density at radius 2 is 1.74 bits per heavy atom. The van der Waals surface area contributed by atoms with Crippen molar-refractivity contribution in [1.29, 1.82) is 0 Å². The van der Waals surface area contributed by atoms with Crippen molar-refractivity contribution in [1.82, 2.24) is 10.2 Å². The Labute approximate surface area is 259 Å². The highest BCUT2D eigenvalue weighted by Crippen LogP contribution is 2.35. The Hall–Kier alpha value is -3.92. The molecule has 1 unspecified atom stereocenters. The van der Waals surface area contributed by atoms with Crippen LogP contribution < -0.4 is 15.4 Å². The Morgan fingerprint density at radius 1 is 1.05 bits per heavy atom. The number of carbonyl (C=O) groups is 2. The zero-order chi connectivity index (χ0) is 31.4. The van der Waals surface area contributed by atoms with Crippen LogP contribution in [-0.4, -0.2) is 73.8 Å². The Balaban J connectivity index is 1.54. The van der Waals surface area contributed by atoms with Crippen molar-refractivity contribution < 1.29 is 19.4 Å². The van der Waals surface area contributed by atoms with Crippen LogP contribution in [0.4, 0.5) is 5.69 Å². The van der Waals surface area contributed by atoms with Gasteiger partial charge >= 0.3 is 0 Å². The molecule has 0 aromatic heterocycles. The number of rotatable bonds is 15. The van der Waals surface area contributed by atoms with E-state index in [-0.39, 0.29) is 12.5 Å². The van der Waals surface area contributed by atoms with Crippen LogP contribution in [-0.2, 0) is 0 Å². The molecule has 0 aliphatic rings. The average Bonchev–Trinajstić information content (AvgIpc) is 3.02. The molecule has 43 heavy (non-hydrogen) atoms. The normalized spacial score (nSPS) is 12.8. The van der Waals surface area contributed by atoms with Crippen LogP contribution >= 0.6 is 11.8 Å². The predicted molar refractivity (Wildman–Crippen MR) is 176 cm³/mol.